The van der Waals surface area contributed by atoms with Crippen molar-refractivity contribution in [2.24, 2.45) is 11.7 Å². The van der Waals surface area contributed by atoms with Gasteiger partial charge in [-0.15, -0.1) is 12.4 Å². The summed E-state index contributed by atoms with van der Waals surface area (Å²) in [6, 6.07) is 6.62. The van der Waals surface area contributed by atoms with E-state index in [4.69, 9.17) is 5.73 Å². The van der Waals surface area contributed by atoms with E-state index in [9.17, 15) is 14.9 Å². The molecule has 0 aromatic heterocycles. The first-order chi connectivity index (χ1) is 9.99. The van der Waals surface area contributed by atoms with Crippen LogP contribution in [-0.4, -0.2) is 28.8 Å². The van der Waals surface area contributed by atoms with E-state index < -0.39 is 4.92 Å². The zero-order valence-electron chi connectivity index (χ0n) is 12.6. The minimum absolute atomic E-state index is 0. The van der Waals surface area contributed by atoms with Crippen molar-refractivity contribution in [2.45, 2.75) is 38.3 Å². The van der Waals surface area contributed by atoms with Gasteiger partial charge in [-0.1, -0.05) is 24.6 Å². The average molecular weight is 328 g/mol. The van der Waals surface area contributed by atoms with Crippen molar-refractivity contribution in [3.8, 4) is 0 Å². The topological polar surface area (TPSA) is 89.5 Å². The fraction of sp³-hybridized carbons (Fsp3) is 0.533. The number of halogens is 1. The number of amides is 1. The van der Waals surface area contributed by atoms with Gasteiger partial charge in [-0.25, -0.2) is 0 Å². The molecule has 122 valence electrons. The van der Waals surface area contributed by atoms with Gasteiger partial charge < -0.3 is 10.6 Å². The van der Waals surface area contributed by atoms with E-state index in [0.29, 0.717) is 12.0 Å². The van der Waals surface area contributed by atoms with Crippen LogP contribution in [0.15, 0.2) is 24.3 Å². The van der Waals surface area contributed by atoms with Gasteiger partial charge in [-0.3, -0.25) is 14.9 Å². The lowest BCUT2D eigenvalue weighted by atomic mass is 9.99. The molecular formula is C15H22ClN3O3. The highest BCUT2D eigenvalue weighted by molar-refractivity contribution is 5.85. The zero-order chi connectivity index (χ0) is 15.4. The maximum absolute atomic E-state index is 12.2. The standard InChI is InChI=1S/C15H21N3O3.ClH/c1-17(15(19)9-11-6-4-7-13(11)16)10-12-5-2-3-8-14(12)18(20)21;/h2-3,5,8,11,13H,4,6-7,9-10,16H2,1H3;1H/t11-,13+;/m0./s1. The highest BCUT2D eigenvalue weighted by atomic mass is 35.5. The first kappa shape index (κ1) is 18.4. The normalized spacial score (nSPS) is 20.3. The Morgan fingerprint density at radius 2 is 2.09 bits per heavy atom. The lowest BCUT2D eigenvalue weighted by Crippen LogP contribution is -2.32. The Balaban J connectivity index is 0.00000242. The Morgan fingerprint density at radius 3 is 2.68 bits per heavy atom. The number of hydrogen-bond donors (Lipinski definition) is 1. The number of para-hydroxylation sites is 1. The van der Waals surface area contributed by atoms with Crippen LogP contribution in [0.2, 0.25) is 0 Å². The van der Waals surface area contributed by atoms with Gasteiger partial charge in [0.1, 0.15) is 0 Å². The van der Waals surface area contributed by atoms with Gasteiger partial charge in [0.25, 0.3) is 5.69 Å². The molecule has 7 heteroatoms. The molecule has 0 saturated heterocycles. The molecule has 0 bridgehead atoms. The molecule has 1 amide bonds. The number of carbonyl (C=O) groups is 1. The first-order valence-electron chi connectivity index (χ1n) is 7.21. The van der Waals surface area contributed by atoms with E-state index in [1.54, 1.807) is 30.1 Å². The van der Waals surface area contributed by atoms with Crippen LogP contribution in [0.5, 0.6) is 0 Å². The van der Waals surface area contributed by atoms with E-state index in [-0.39, 0.29) is 42.5 Å². The molecule has 2 atom stereocenters. The summed E-state index contributed by atoms with van der Waals surface area (Å²) in [7, 11) is 1.68. The molecule has 1 aromatic carbocycles. The quantitative estimate of drug-likeness (QED) is 0.664. The molecule has 0 aliphatic heterocycles. The highest BCUT2D eigenvalue weighted by Crippen LogP contribution is 2.27. The fourth-order valence-corrected chi connectivity index (χ4v) is 2.87. The van der Waals surface area contributed by atoms with Crippen LogP contribution in [0.25, 0.3) is 0 Å². The van der Waals surface area contributed by atoms with Crippen molar-refractivity contribution in [1.82, 2.24) is 4.90 Å². The number of carbonyl (C=O) groups excluding carboxylic acids is 1. The molecule has 1 aliphatic rings. The lowest BCUT2D eigenvalue weighted by molar-refractivity contribution is -0.385. The highest BCUT2D eigenvalue weighted by Gasteiger charge is 2.27. The summed E-state index contributed by atoms with van der Waals surface area (Å²) in [6.07, 6.45) is 3.48. The molecule has 2 N–H and O–H groups in total. The Hall–Kier alpha value is -1.66. The smallest absolute Gasteiger partial charge is 0.274 e. The fourth-order valence-electron chi connectivity index (χ4n) is 2.87. The molecule has 0 heterocycles. The van der Waals surface area contributed by atoms with Gasteiger partial charge in [-0.2, -0.15) is 0 Å². The summed E-state index contributed by atoms with van der Waals surface area (Å²) in [5, 5.41) is 11.0. The Morgan fingerprint density at radius 1 is 1.41 bits per heavy atom. The predicted molar refractivity (Wildman–Crippen MR) is 86.8 cm³/mol. The van der Waals surface area contributed by atoms with Gasteiger partial charge >= 0.3 is 0 Å². The second kappa shape index (κ2) is 8.10. The number of benzene rings is 1. The predicted octanol–water partition coefficient (Wildman–Crippen LogP) is 2.49. The van der Waals surface area contributed by atoms with Crippen LogP contribution < -0.4 is 5.73 Å². The molecule has 6 nitrogen and oxygen atoms in total. The van der Waals surface area contributed by atoms with Crippen molar-refractivity contribution in [2.75, 3.05) is 7.05 Å². The van der Waals surface area contributed by atoms with E-state index >= 15 is 0 Å². The lowest BCUT2D eigenvalue weighted by Gasteiger charge is -2.21. The minimum Gasteiger partial charge on any atom is -0.341 e. The monoisotopic (exact) mass is 327 g/mol. The van der Waals surface area contributed by atoms with E-state index in [2.05, 4.69) is 0 Å². The third-order valence-electron chi connectivity index (χ3n) is 4.18. The molecule has 0 unspecified atom stereocenters. The van der Waals surface area contributed by atoms with Crippen molar-refractivity contribution >= 4 is 24.0 Å². The molecule has 1 fully saturated rings. The SMILES string of the molecule is CN(Cc1ccccc1[N+](=O)[O-])C(=O)C[C@@H]1CCC[C@H]1N.Cl. The maximum atomic E-state index is 12.2. The average Bonchev–Trinajstić information content (AvgIpc) is 2.84. The van der Waals surface area contributed by atoms with Crippen molar-refractivity contribution in [3.63, 3.8) is 0 Å². The van der Waals surface area contributed by atoms with Gasteiger partial charge in [0.05, 0.1) is 11.5 Å². The second-order valence-corrected chi connectivity index (χ2v) is 5.69. The number of nitrogens with two attached hydrogens (primary N) is 1. The summed E-state index contributed by atoms with van der Waals surface area (Å²) in [4.78, 5) is 24.3. The summed E-state index contributed by atoms with van der Waals surface area (Å²) < 4.78 is 0. The molecule has 1 aromatic rings. The summed E-state index contributed by atoms with van der Waals surface area (Å²) in [5.41, 5.74) is 6.58. The van der Waals surface area contributed by atoms with Gasteiger partial charge in [0.15, 0.2) is 0 Å². The molecule has 22 heavy (non-hydrogen) atoms. The Labute approximate surface area is 136 Å². The number of nitro benzene ring substituents is 1. The van der Waals surface area contributed by atoms with Crippen LogP contribution in [0.1, 0.15) is 31.2 Å². The number of hydrogen-bond acceptors (Lipinski definition) is 4. The molecule has 1 saturated carbocycles. The first-order valence-corrected chi connectivity index (χ1v) is 7.21. The third kappa shape index (κ3) is 4.42. The van der Waals surface area contributed by atoms with Crippen LogP contribution >= 0.6 is 12.4 Å². The Bertz CT molecular complexity index is 539. The van der Waals surface area contributed by atoms with Gasteiger partial charge in [-0.05, 0) is 18.8 Å². The van der Waals surface area contributed by atoms with Crippen LogP contribution in [-0.2, 0) is 11.3 Å². The van der Waals surface area contributed by atoms with Crippen molar-refractivity contribution in [3.05, 3.63) is 39.9 Å². The van der Waals surface area contributed by atoms with Crippen LogP contribution in [0.3, 0.4) is 0 Å². The molecule has 2 rings (SSSR count). The molecular weight excluding hydrogens is 306 g/mol. The van der Waals surface area contributed by atoms with Gasteiger partial charge in [0.2, 0.25) is 5.91 Å². The third-order valence-corrected chi connectivity index (χ3v) is 4.18. The molecule has 0 spiro atoms. The number of nitro groups is 1. The van der Waals surface area contributed by atoms with E-state index in [1.807, 2.05) is 0 Å². The van der Waals surface area contributed by atoms with Crippen molar-refractivity contribution < 1.29 is 9.72 Å². The maximum Gasteiger partial charge on any atom is 0.274 e. The largest absolute Gasteiger partial charge is 0.341 e. The zero-order valence-corrected chi connectivity index (χ0v) is 13.4. The van der Waals surface area contributed by atoms with E-state index in [0.717, 1.165) is 19.3 Å². The number of rotatable bonds is 5. The minimum atomic E-state index is -0.416. The second-order valence-electron chi connectivity index (χ2n) is 5.69. The number of nitrogens with zero attached hydrogens (tertiary/aromatic N) is 2. The van der Waals surface area contributed by atoms with Gasteiger partial charge in [0, 0.05) is 31.1 Å². The van der Waals surface area contributed by atoms with Crippen LogP contribution in [0.4, 0.5) is 5.69 Å². The summed E-state index contributed by atoms with van der Waals surface area (Å²) in [6.45, 7) is 0.248. The summed E-state index contributed by atoms with van der Waals surface area (Å²) in [5.74, 6) is 0.237. The Kier molecular flexibility index (Phi) is 6.77. The van der Waals surface area contributed by atoms with E-state index in [1.165, 1.54) is 6.07 Å². The molecule has 0 radical (unpaired) electrons. The van der Waals surface area contributed by atoms with Crippen molar-refractivity contribution in [1.29, 1.82) is 0 Å². The summed E-state index contributed by atoms with van der Waals surface area (Å²) >= 11 is 0. The van der Waals surface area contributed by atoms with Crippen LogP contribution in [0, 0.1) is 16.0 Å². The molecule has 1 aliphatic carbocycles.